The number of carboxylic acids is 1. The molecule has 130 valence electrons. The van der Waals surface area contributed by atoms with E-state index >= 15 is 0 Å². The Morgan fingerprint density at radius 2 is 1.61 bits per heavy atom. The van der Waals surface area contributed by atoms with Crippen LogP contribution in [0.25, 0.3) is 0 Å². The van der Waals surface area contributed by atoms with Crippen LogP contribution in [0.4, 0.5) is 0 Å². The molecule has 2 aliphatic carbocycles. The fourth-order valence-corrected chi connectivity index (χ4v) is 4.03. The zero-order valence-electron chi connectivity index (χ0n) is 13.7. The van der Waals surface area contributed by atoms with E-state index in [1.165, 1.54) is 0 Å². The lowest BCUT2D eigenvalue weighted by Gasteiger charge is -2.24. The highest BCUT2D eigenvalue weighted by Crippen LogP contribution is 2.43. The first-order chi connectivity index (χ1) is 11.0. The average Bonchev–Trinajstić information content (AvgIpc) is 3.39. The minimum Gasteiger partial charge on any atom is -0.481 e. The molecule has 0 radical (unpaired) electrons. The van der Waals surface area contributed by atoms with Crippen LogP contribution in [0.5, 0.6) is 0 Å². The second-order valence-corrected chi connectivity index (χ2v) is 7.46. The second-order valence-electron chi connectivity index (χ2n) is 7.46. The number of rotatable bonds is 4. The van der Waals surface area contributed by atoms with Crippen molar-refractivity contribution in [2.24, 2.45) is 23.7 Å². The maximum absolute atomic E-state index is 10.7. The van der Waals surface area contributed by atoms with Crippen molar-refractivity contribution in [3.63, 3.8) is 0 Å². The summed E-state index contributed by atoms with van der Waals surface area (Å²) in [5, 5.41) is 8.79. The van der Waals surface area contributed by atoms with Gasteiger partial charge in [0.05, 0.1) is 36.9 Å². The Hall–Kier alpha value is -1.14. The highest BCUT2D eigenvalue weighted by Gasteiger charge is 2.49. The van der Waals surface area contributed by atoms with Crippen LogP contribution >= 0.6 is 0 Å². The fourth-order valence-electron chi connectivity index (χ4n) is 4.03. The van der Waals surface area contributed by atoms with E-state index in [-0.39, 0.29) is 17.9 Å². The fraction of sp³-hybridized carbons (Fsp3) is 0.882. The van der Waals surface area contributed by atoms with Crippen molar-refractivity contribution < 1.29 is 28.9 Å². The topological polar surface area (TPSA) is 88.7 Å². The number of aliphatic carboxylic acids is 1. The quantitative estimate of drug-likeness (QED) is 0.626. The lowest BCUT2D eigenvalue weighted by atomic mass is 9.81. The Morgan fingerprint density at radius 3 is 2.22 bits per heavy atom. The standard InChI is InChI=1S/C9H14O3.C8H12O3/c1-6-2-8-9(12-8)3-7(6)4-11-5-10;1-4-2-6-7(11-6)3-5(4)8(9)10/h5-9H,2-4H2,1H3;4-7H,2-3H2,1H3,(H,9,10). The van der Waals surface area contributed by atoms with Gasteiger partial charge >= 0.3 is 5.97 Å². The molecule has 2 heterocycles. The number of fused-ring (bicyclic) bond motifs is 2. The van der Waals surface area contributed by atoms with E-state index in [4.69, 9.17) is 19.3 Å². The largest absolute Gasteiger partial charge is 0.481 e. The van der Waals surface area contributed by atoms with Gasteiger partial charge < -0.3 is 19.3 Å². The summed E-state index contributed by atoms with van der Waals surface area (Å²) in [5.41, 5.74) is 0. The molecule has 23 heavy (non-hydrogen) atoms. The van der Waals surface area contributed by atoms with Gasteiger partial charge in [0.1, 0.15) is 0 Å². The maximum Gasteiger partial charge on any atom is 0.306 e. The van der Waals surface area contributed by atoms with E-state index in [2.05, 4.69) is 6.92 Å². The third-order valence-electron chi connectivity index (χ3n) is 5.79. The van der Waals surface area contributed by atoms with Gasteiger partial charge in [0.15, 0.2) is 0 Å². The Morgan fingerprint density at radius 1 is 1.04 bits per heavy atom. The van der Waals surface area contributed by atoms with Crippen LogP contribution in [0.2, 0.25) is 0 Å². The van der Waals surface area contributed by atoms with Gasteiger partial charge in [-0.2, -0.15) is 0 Å². The molecular formula is C17H26O6. The molecule has 0 aromatic rings. The average molecular weight is 326 g/mol. The van der Waals surface area contributed by atoms with E-state index in [1.54, 1.807) is 0 Å². The SMILES string of the molecule is CC1CC2OC2CC1C(=O)O.CC1CC2OC2CC1COC=O. The number of epoxide rings is 2. The van der Waals surface area contributed by atoms with Crippen molar-refractivity contribution in [2.45, 2.75) is 63.9 Å². The summed E-state index contributed by atoms with van der Waals surface area (Å²) in [6.07, 6.45) is 5.52. The molecule has 2 saturated heterocycles. The molecule has 4 aliphatic rings. The summed E-state index contributed by atoms with van der Waals surface area (Å²) in [5.74, 6) is 0.606. The third-order valence-corrected chi connectivity index (χ3v) is 5.79. The van der Waals surface area contributed by atoms with Crippen molar-refractivity contribution in [3.05, 3.63) is 0 Å². The third kappa shape index (κ3) is 4.04. The lowest BCUT2D eigenvalue weighted by molar-refractivity contribution is -0.144. The van der Waals surface area contributed by atoms with Crippen LogP contribution in [-0.4, -0.2) is 48.6 Å². The molecule has 0 aromatic carbocycles. The van der Waals surface area contributed by atoms with Gasteiger partial charge in [0.2, 0.25) is 0 Å². The Kier molecular flexibility index (Phi) is 4.92. The van der Waals surface area contributed by atoms with Gasteiger partial charge in [-0.15, -0.1) is 0 Å². The van der Waals surface area contributed by atoms with Crippen molar-refractivity contribution in [1.29, 1.82) is 0 Å². The van der Waals surface area contributed by atoms with Gasteiger partial charge in [0.25, 0.3) is 6.47 Å². The number of carbonyl (C=O) groups is 2. The van der Waals surface area contributed by atoms with Crippen LogP contribution in [0.3, 0.4) is 0 Å². The molecule has 1 N–H and O–H groups in total. The van der Waals surface area contributed by atoms with Crippen LogP contribution in [0.1, 0.15) is 39.5 Å². The Labute approximate surface area is 136 Å². The summed E-state index contributed by atoms with van der Waals surface area (Å²) < 4.78 is 15.5. The van der Waals surface area contributed by atoms with E-state index in [0.717, 1.165) is 25.7 Å². The van der Waals surface area contributed by atoms with Gasteiger partial charge in [0, 0.05) is 0 Å². The molecule has 0 aromatic heterocycles. The molecule has 6 nitrogen and oxygen atoms in total. The molecular weight excluding hydrogens is 300 g/mol. The molecule has 0 spiro atoms. The number of hydrogen-bond acceptors (Lipinski definition) is 5. The summed E-state index contributed by atoms with van der Waals surface area (Å²) in [6.45, 7) is 5.30. The number of hydrogen-bond donors (Lipinski definition) is 1. The highest BCUT2D eigenvalue weighted by atomic mass is 16.6. The minimum absolute atomic E-state index is 0.168. The predicted molar refractivity (Wildman–Crippen MR) is 80.7 cm³/mol. The Balaban J connectivity index is 0.000000136. The molecule has 2 saturated carbocycles. The van der Waals surface area contributed by atoms with Gasteiger partial charge in [-0.3, -0.25) is 9.59 Å². The molecule has 2 aliphatic heterocycles. The summed E-state index contributed by atoms with van der Waals surface area (Å²) >= 11 is 0. The van der Waals surface area contributed by atoms with Crippen molar-refractivity contribution >= 4 is 12.4 Å². The second kappa shape index (κ2) is 6.77. The number of ether oxygens (including phenoxy) is 3. The highest BCUT2D eigenvalue weighted by molar-refractivity contribution is 5.70. The predicted octanol–water partition coefficient (Wildman–Crippen LogP) is 1.86. The normalized spacial score (nSPS) is 46.3. The van der Waals surface area contributed by atoms with Crippen molar-refractivity contribution in [1.82, 2.24) is 0 Å². The van der Waals surface area contributed by atoms with E-state index in [0.29, 0.717) is 43.2 Å². The lowest BCUT2D eigenvalue weighted by Crippen LogP contribution is -2.28. The first-order valence-corrected chi connectivity index (χ1v) is 8.58. The maximum atomic E-state index is 10.7. The minimum atomic E-state index is -0.661. The number of carboxylic acid groups (broad SMARTS) is 1. The van der Waals surface area contributed by atoms with Crippen LogP contribution in [0.15, 0.2) is 0 Å². The molecule has 6 heteroatoms. The summed E-state index contributed by atoms with van der Waals surface area (Å²) in [7, 11) is 0. The Bertz CT molecular complexity index is 452. The zero-order valence-corrected chi connectivity index (χ0v) is 13.7. The smallest absolute Gasteiger partial charge is 0.306 e. The first-order valence-electron chi connectivity index (χ1n) is 8.58. The van der Waals surface area contributed by atoms with Crippen LogP contribution in [0, 0.1) is 23.7 Å². The first kappa shape index (κ1) is 16.7. The molecule has 8 unspecified atom stereocenters. The van der Waals surface area contributed by atoms with E-state index in [9.17, 15) is 9.59 Å². The molecule has 4 rings (SSSR count). The van der Waals surface area contributed by atoms with Gasteiger partial charge in [-0.1, -0.05) is 13.8 Å². The molecule has 0 amide bonds. The summed E-state index contributed by atoms with van der Waals surface area (Å²) in [4.78, 5) is 20.7. The molecule has 4 fully saturated rings. The number of carbonyl (C=O) groups excluding carboxylic acids is 1. The van der Waals surface area contributed by atoms with Crippen molar-refractivity contribution in [2.75, 3.05) is 6.61 Å². The van der Waals surface area contributed by atoms with Gasteiger partial charge in [-0.25, -0.2) is 0 Å². The van der Waals surface area contributed by atoms with E-state index in [1.807, 2.05) is 6.92 Å². The molecule has 8 atom stereocenters. The summed E-state index contributed by atoms with van der Waals surface area (Å²) in [6, 6.07) is 0. The molecule has 0 bridgehead atoms. The van der Waals surface area contributed by atoms with Gasteiger partial charge in [-0.05, 0) is 43.4 Å². The van der Waals surface area contributed by atoms with Crippen molar-refractivity contribution in [3.8, 4) is 0 Å². The van der Waals surface area contributed by atoms with Crippen LogP contribution in [-0.2, 0) is 23.8 Å². The zero-order chi connectivity index (χ0) is 16.6. The van der Waals surface area contributed by atoms with E-state index < -0.39 is 5.97 Å². The monoisotopic (exact) mass is 326 g/mol. The van der Waals surface area contributed by atoms with Crippen LogP contribution < -0.4 is 0 Å².